The Bertz CT molecular complexity index is 485. The van der Waals surface area contributed by atoms with Gasteiger partial charge in [-0.2, -0.15) is 0 Å². The van der Waals surface area contributed by atoms with E-state index in [0.29, 0.717) is 11.7 Å². The van der Waals surface area contributed by atoms with Crippen molar-refractivity contribution in [2.24, 2.45) is 0 Å². The van der Waals surface area contributed by atoms with Crippen molar-refractivity contribution < 1.29 is 4.79 Å². The van der Waals surface area contributed by atoms with Crippen LogP contribution in [-0.2, 0) is 6.54 Å². The Morgan fingerprint density at radius 3 is 2.88 bits per heavy atom. The summed E-state index contributed by atoms with van der Waals surface area (Å²) in [6.07, 6.45) is 0. The molecule has 0 aromatic carbocycles. The highest BCUT2D eigenvalue weighted by molar-refractivity contribution is 7.15. The van der Waals surface area contributed by atoms with Gasteiger partial charge < -0.3 is 5.32 Å². The van der Waals surface area contributed by atoms with Crippen LogP contribution in [0.1, 0.15) is 15.4 Å². The van der Waals surface area contributed by atoms with E-state index in [1.54, 1.807) is 11.3 Å². The molecule has 2 amide bonds. The topological polar surface area (TPSA) is 54.0 Å². The number of nitrogens with one attached hydrogen (secondary N) is 2. The summed E-state index contributed by atoms with van der Waals surface area (Å²) in [5.41, 5.74) is 0.962. The molecule has 0 aliphatic carbocycles. The van der Waals surface area contributed by atoms with Crippen LogP contribution >= 0.6 is 22.7 Å². The minimum atomic E-state index is -0.216. The van der Waals surface area contributed by atoms with Crippen molar-refractivity contribution in [2.75, 3.05) is 5.32 Å². The van der Waals surface area contributed by atoms with Gasteiger partial charge in [0.15, 0.2) is 5.13 Å². The van der Waals surface area contributed by atoms with Crippen LogP contribution in [0.15, 0.2) is 17.5 Å². The summed E-state index contributed by atoms with van der Waals surface area (Å²) in [4.78, 5) is 18.1. The second-order valence-corrected chi connectivity index (χ2v) is 5.78. The maximum absolute atomic E-state index is 11.6. The molecule has 90 valence electrons. The number of hydrogen-bond donors (Lipinski definition) is 2. The molecule has 0 fully saturated rings. The molecule has 2 aromatic rings. The molecule has 0 atom stereocenters. The van der Waals surface area contributed by atoms with Gasteiger partial charge in [0.2, 0.25) is 0 Å². The highest BCUT2D eigenvalue weighted by Crippen LogP contribution is 2.20. The third kappa shape index (κ3) is 3.28. The number of carbonyl (C=O) groups excluding carboxylic acids is 1. The van der Waals surface area contributed by atoms with Crippen LogP contribution in [0.2, 0.25) is 0 Å². The van der Waals surface area contributed by atoms with E-state index in [-0.39, 0.29) is 6.03 Å². The zero-order valence-electron chi connectivity index (χ0n) is 9.61. The third-order valence-electron chi connectivity index (χ3n) is 2.25. The number of hydrogen-bond acceptors (Lipinski definition) is 4. The molecule has 0 aliphatic rings. The Hall–Kier alpha value is -1.40. The molecule has 2 heterocycles. The number of anilines is 1. The van der Waals surface area contributed by atoms with Crippen molar-refractivity contribution in [1.29, 1.82) is 0 Å². The largest absolute Gasteiger partial charge is 0.333 e. The van der Waals surface area contributed by atoms with Crippen LogP contribution in [-0.4, -0.2) is 11.0 Å². The van der Waals surface area contributed by atoms with Gasteiger partial charge >= 0.3 is 6.03 Å². The van der Waals surface area contributed by atoms with Crippen molar-refractivity contribution in [1.82, 2.24) is 10.3 Å². The van der Waals surface area contributed by atoms with E-state index in [4.69, 9.17) is 0 Å². The monoisotopic (exact) mass is 267 g/mol. The second-order valence-electron chi connectivity index (χ2n) is 3.55. The number of nitrogens with zero attached hydrogens (tertiary/aromatic N) is 1. The smallest absolute Gasteiger partial charge is 0.321 e. The van der Waals surface area contributed by atoms with Crippen molar-refractivity contribution >= 4 is 33.8 Å². The van der Waals surface area contributed by atoms with Gasteiger partial charge in [0, 0.05) is 9.75 Å². The van der Waals surface area contributed by atoms with Crippen molar-refractivity contribution in [3.63, 3.8) is 0 Å². The average molecular weight is 267 g/mol. The molecular weight excluding hydrogens is 254 g/mol. The number of rotatable bonds is 3. The van der Waals surface area contributed by atoms with Crippen molar-refractivity contribution in [2.45, 2.75) is 20.4 Å². The van der Waals surface area contributed by atoms with Crippen LogP contribution in [0.25, 0.3) is 0 Å². The summed E-state index contributed by atoms with van der Waals surface area (Å²) in [6, 6.07) is 3.74. The molecule has 2 aromatic heterocycles. The first-order chi connectivity index (χ1) is 8.15. The fourth-order valence-electron chi connectivity index (χ4n) is 1.25. The van der Waals surface area contributed by atoms with Gasteiger partial charge in [-0.25, -0.2) is 9.78 Å². The van der Waals surface area contributed by atoms with Gasteiger partial charge in [0.05, 0.1) is 12.2 Å². The maximum Gasteiger partial charge on any atom is 0.321 e. The predicted octanol–water partition coefficient (Wildman–Crippen LogP) is 3.14. The fraction of sp³-hybridized carbons (Fsp3) is 0.273. The first-order valence-corrected chi connectivity index (χ1v) is 6.86. The number of thiazole rings is 1. The molecule has 0 unspecified atom stereocenters. The zero-order valence-corrected chi connectivity index (χ0v) is 11.2. The lowest BCUT2D eigenvalue weighted by Gasteiger charge is -2.03. The first kappa shape index (κ1) is 12.1. The Kier molecular flexibility index (Phi) is 3.75. The van der Waals surface area contributed by atoms with E-state index < -0.39 is 0 Å². The van der Waals surface area contributed by atoms with Crippen LogP contribution in [0, 0.1) is 13.8 Å². The molecule has 0 radical (unpaired) electrons. The summed E-state index contributed by atoms with van der Waals surface area (Å²) >= 11 is 3.11. The molecule has 0 bridgehead atoms. The maximum atomic E-state index is 11.6. The normalized spacial score (nSPS) is 10.2. The lowest BCUT2D eigenvalue weighted by atomic mass is 10.4. The summed E-state index contributed by atoms with van der Waals surface area (Å²) in [6.45, 7) is 4.47. The van der Waals surface area contributed by atoms with Crippen LogP contribution < -0.4 is 10.6 Å². The van der Waals surface area contributed by atoms with E-state index in [2.05, 4.69) is 15.6 Å². The molecule has 0 saturated carbocycles. The van der Waals surface area contributed by atoms with E-state index in [1.807, 2.05) is 31.4 Å². The minimum Gasteiger partial charge on any atom is -0.333 e. The Labute approximate surface area is 108 Å². The number of aromatic nitrogens is 1. The number of carbonyl (C=O) groups is 1. The summed E-state index contributed by atoms with van der Waals surface area (Å²) < 4.78 is 0. The molecule has 0 saturated heterocycles. The summed E-state index contributed by atoms with van der Waals surface area (Å²) in [7, 11) is 0. The quantitative estimate of drug-likeness (QED) is 0.897. The second kappa shape index (κ2) is 5.29. The zero-order chi connectivity index (χ0) is 12.3. The highest BCUT2D eigenvalue weighted by atomic mass is 32.1. The van der Waals surface area contributed by atoms with Gasteiger partial charge in [-0.3, -0.25) is 5.32 Å². The van der Waals surface area contributed by atoms with Gasteiger partial charge in [-0.1, -0.05) is 6.07 Å². The standard InChI is InChI=1S/C11H13N3OS2/c1-7-8(2)17-11(13-7)14-10(15)12-6-9-4-3-5-16-9/h3-5H,6H2,1-2H3,(H2,12,13,14,15). The Morgan fingerprint density at radius 2 is 2.29 bits per heavy atom. The highest BCUT2D eigenvalue weighted by Gasteiger charge is 2.07. The SMILES string of the molecule is Cc1nc(NC(=O)NCc2cccs2)sc1C. The molecule has 0 aliphatic heterocycles. The van der Waals surface area contributed by atoms with E-state index >= 15 is 0 Å². The summed E-state index contributed by atoms with van der Waals surface area (Å²) in [5, 5.41) is 8.15. The lowest BCUT2D eigenvalue weighted by molar-refractivity contribution is 0.252. The number of amides is 2. The Morgan fingerprint density at radius 1 is 1.47 bits per heavy atom. The first-order valence-electron chi connectivity index (χ1n) is 5.16. The summed E-state index contributed by atoms with van der Waals surface area (Å²) in [5.74, 6) is 0. The number of urea groups is 1. The molecule has 0 spiro atoms. The van der Waals surface area contributed by atoms with Gasteiger partial charge in [-0.15, -0.1) is 22.7 Å². The van der Waals surface area contributed by atoms with Crippen molar-refractivity contribution in [3.05, 3.63) is 33.0 Å². The van der Waals surface area contributed by atoms with Crippen LogP contribution in [0.4, 0.5) is 9.93 Å². The Balaban J connectivity index is 1.85. The van der Waals surface area contributed by atoms with Gasteiger partial charge in [0.1, 0.15) is 0 Å². The van der Waals surface area contributed by atoms with E-state index in [0.717, 1.165) is 15.4 Å². The van der Waals surface area contributed by atoms with Gasteiger partial charge in [0.25, 0.3) is 0 Å². The molecule has 17 heavy (non-hydrogen) atoms. The third-order valence-corrected chi connectivity index (χ3v) is 4.12. The molecule has 6 heteroatoms. The average Bonchev–Trinajstić information content (AvgIpc) is 2.87. The molecule has 4 nitrogen and oxygen atoms in total. The van der Waals surface area contributed by atoms with Crippen LogP contribution in [0.5, 0.6) is 0 Å². The lowest BCUT2D eigenvalue weighted by Crippen LogP contribution is -2.27. The number of thiophene rings is 1. The van der Waals surface area contributed by atoms with Crippen LogP contribution in [0.3, 0.4) is 0 Å². The molecule has 2 N–H and O–H groups in total. The van der Waals surface area contributed by atoms with E-state index in [1.165, 1.54) is 11.3 Å². The molecular formula is C11H13N3OS2. The fourth-order valence-corrected chi connectivity index (χ4v) is 2.70. The predicted molar refractivity (Wildman–Crippen MR) is 71.8 cm³/mol. The number of aryl methyl sites for hydroxylation is 2. The molecule has 2 rings (SSSR count). The van der Waals surface area contributed by atoms with Crippen molar-refractivity contribution in [3.8, 4) is 0 Å². The minimum absolute atomic E-state index is 0.216. The van der Waals surface area contributed by atoms with E-state index in [9.17, 15) is 4.79 Å². The van der Waals surface area contributed by atoms with Gasteiger partial charge in [-0.05, 0) is 25.3 Å².